The number of unbranched alkanes of at least 4 members (excludes halogenated alkanes) is 1. The van der Waals surface area contributed by atoms with Crippen molar-refractivity contribution in [1.82, 2.24) is 0 Å². The van der Waals surface area contributed by atoms with E-state index < -0.39 is 17.7 Å². The minimum absolute atomic E-state index is 0.0113. The average molecular weight is 428 g/mol. The van der Waals surface area contributed by atoms with Crippen LogP contribution in [-0.2, 0) is 14.8 Å². The van der Waals surface area contributed by atoms with Crippen molar-refractivity contribution >= 4 is 33.7 Å². The van der Waals surface area contributed by atoms with Gasteiger partial charge in [0.05, 0.1) is 12.3 Å². The van der Waals surface area contributed by atoms with Gasteiger partial charge in [0.1, 0.15) is 11.2 Å². The van der Waals surface area contributed by atoms with Crippen LogP contribution in [0, 0.1) is 0 Å². The lowest BCUT2D eigenvalue weighted by atomic mass is 10.1. The summed E-state index contributed by atoms with van der Waals surface area (Å²) in [6.07, 6.45) is 0.558. The predicted molar refractivity (Wildman–Crippen MR) is 99.9 cm³/mol. The first-order valence-electron chi connectivity index (χ1n) is 8.08. The molecule has 8 nitrogen and oxygen atoms in total. The van der Waals surface area contributed by atoms with Crippen LogP contribution < -0.4 is 4.74 Å². The Hall–Kier alpha value is -2.25. The van der Waals surface area contributed by atoms with Gasteiger partial charge in [0, 0.05) is 15.8 Å². The number of carbonyl (C=O) groups excluding carboxylic acids is 2. The van der Waals surface area contributed by atoms with Crippen LogP contribution in [0.3, 0.4) is 0 Å². The Labute approximate surface area is 160 Å². The summed E-state index contributed by atoms with van der Waals surface area (Å²) in [5.74, 6) is -0.787. The Bertz CT molecular complexity index is 709. The van der Waals surface area contributed by atoms with Crippen LogP contribution in [0.4, 0.5) is 10.5 Å². The normalized spacial score (nSPS) is 10.7. The third-order valence-corrected chi connectivity index (χ3v) is 3.63. The molecule has 0 fully saturated rings. The van der Waals surface area contributed by atoms with Crippen molar-refractivity contribution in [3.8, 4) is 5.75 Å². The second kappa shape index (κ2) is 10.0. The van der Waals surface area contributed by atoms with E-state index in [-0.39, 0.29) is 23.6 Å². The number of carbonyl (C=O) groups is 2. The molecular formula is C17H22BrN3O5. The molecule has 0 bridgehead atoms. The number of azide groups is 1. The van der Waals surface area contributed by atoms with E-state index in [9.17, 15) is 9.59 Å². The van der Waals surface area contributed by atoms with Crippen LogP contribution in [-0.4, -0.2) is 24.3 Å². The zero-order valence-electron chi connectivity index (χ0n) is 15.2. The molecule has 0 heterocycles. The molecule has 0 aliphatic heterocycles. The van der Waals surface area contributed by atoms with Crippen LogP contribution in [0.15, 0.2) is 17.2 Å². The quantitative estimate of drug-likeness (QED) is 0.104. The maximum Gasteiger partial charge on any atom is 0.514 e. The molecule has 0 saturated carbocycles. The number of hydrogen-bond donors (Lipinski definition) is 0. The van der Waals surface area contributed by atoms with E-state index in [1.54, 1.807) is 26.8 Å². The minimum atomic E-state index is -0.972. The fourth-order valence-corrected chi connectivity index (χ4v) is 2.34. The minimum Gasteiger partial charge on any atom is -0.462 e. The lowest BCUT2D eigenvalue weighted by molar-refractivity contribution is 0.0201. The highest BCUT2D eigenvalue weighted by atomic mass is 79.9. The molecule has 1 aromatic carbocycles. The smallest absolute Gasteiger partial charge is 0.462 e. The van der Waals surface area contributed by atoms with Crippen molar-refractivity contribution in [3.05, 3.63) is 33.7 Å². The molecule has 0 amide bonds. The topological polar surface area (TPSA) is 111 Å². The van der Waals surface area contributed by atoms with E-state index in [0.29, 0.717) is 17.3 Å². The van der Waals surface area contributed by atoms with Crippen LogP contribution in [0.2, 0.25) is 0 Å². The summed E-state index contributed by atoms with van der Waals surface area (Å²) in [7, 11) is 0. The first-order chi connectivity index (χ1) is 12.2. The Morgan fingerprint density at radius 2 is 2.00 bits per heavy atom. The Morgan fingerprint density at radius 3 is 2.54 bits per heavy atom. The highest BCUT2D eigenvalue weighted by molar-refractivity contribution is 9.08. The van der Waals surface area contributed by atoms with Gasteiger partial charge in [0.15, 0.2) is 5.75 Å². The van der Waals surface area contributed by atoms with E-state index in [1.165, 1.54) is 6.07 Å². The van der Waals surface area contributed by atoms with Gasteiger partial charge in [-0.05, 0) is 32.7 Å². The van der Waals surface area contributed by atoms with Crippen LogP contribution in [0.1, 0.15) is 56.5 Å². The summed E-state index contributed by atoms with van der Waals surface area (Å²) < 4.78 is 15.6. The number of ether oxygens (including phenoxy) is 3. The van der Waals surface area contributed by atoms with E-state index in [4.69, 9.17) is 19.7 Å². The molecule has 0 atom stereocenters. The summed E-state index contributed by atoms with van der Waals surface area (Å²) in [5.41, 5.74) is 8.40. The maximum absolute atomic E-state index is 12.5. The Balaban J connectivity index is 3.34. The fraction of sp³-hybridized carbons (Fsp3) is 0.529. The molecule has 1 rings (SSSR count). The second-order valence-corrected chi connectivity index (χ2v) is 6.89. The molecule has 0 aromatic heterocycles. The Morgan fingerprint density at radius 1 is 1.31 bits per heavy atom. The SMILES string of the molecule is CCCCOC(=O)c1c(N=[N+]=[N-])ccc(CBr)c1OC(=O)OC(C)(C)C. The third kappa shape index (κ3) is 6.57. The third-order valence-electron chi connectivity index (χ3n) is 3.02. The van der Waals surface area contributed by atoms with Crippen LogP contribution in [0.25, 0.3) is 10.4 Å². The summed E-state index contributed by atoms with van der Waals surface area (Å²) in [6.45, 7) is 7.24. The molecule has 0 radical (unpaired) electrons. The summed E-state index contributed by atoms with van der Waals surface area (Å²) in [4.78, 5) is 27.3. The first kappa shape index (κ1) is 21.8. The molecule has 1 aromatic rings. The van der Waals surface area contributed by atoms with E-state index in [0.717, 1.165) is 6.42 Å². The summed E-state index contributed by atoms with van der Waals surface area (Å²) in [5, 5.41) is 3.81. The van der Waals surface area contributed by atoms with E-state index >= 15 is 0 Å². The number of halogens is 1. The van der Waals surface area contributed by atoms with Gasteiger partial charge in [-0.1, -0.05) is 46.5 Å². The maximum atomic E-state index is 12.5. The van der Waals surface area contributed by atoms with Crippen molar-refractivity contribution < 1.29 is 23.8 Å². The lowest BCUT2D eigenvalue weighted by Gasteiger charge is -2.20. The molecule has 0 spiro atoms. The predicted octanol–water partition coefficient (Wildman–Crippen LogP) is 5.79. The average Bonchev–Trinajstić information content (AvgIpc) is 2.53. The second-order valence-electron chi connectivity index (χ2n) is 6.33. The highest BCUT2D eigenvalue weighted by Crippen LogP contribution is 2.35. The van der Waals surface area contributed by atoms with Crippen molar-refractivity contribution in [1.29, 1.82) is 0 Å². The number of nitrogens with zero attached hydrogens (tertiary/aromatic N) is 3. The van der Waals surface area contributed by atoms with Crippen molar-refractivity contribution in [2.45, 2.75) is 51.5 Å². The molecule has 0 N–H and O–H groups in total. The van der Waals surface area contributed by atoms with Gasteiger partial charge in [-0.3, -0.25) is 0 Å². The zero-order chi connectivity index (χ0) is 19.7. The number of esters is 1. The van der Waals surface area contributed by atoms with Gasteiger partial charge >= 0.3 is 12.1 Å². The van der Waals surface area contributed by atoms with E-state index in [2.05, 4.69) is 26.0 Å². The van der Waals surface area contributed by atoms with Gasteiger partial charge in [-0.2, -0.15) is 0 Å². The van der Waals surface area contributed by atoms with Gasteiger partial charge in [0.25, 0.3) is 0 Å². The molecule has 9 heteroatoms. The van der Waals surface area contributed by atoms with Gasteiger partial charge in [-0.15, -0.1) is 0 Å². The molecular weight excluding hydrogens is 406 g/mol. The summed E-state index contributed by atoms with van der Waals surface area (Å²) >= 11 is 3.28. The van der Waals surface area contributed by atoms with Gasteiger partial charge in [-0.25, -0.2) is 9.59 Å². The molecule has 26 heavy (non-hydrogen) atoms. The standard InChI is InChI=1S/C17H22BrN3O5/c1-5-6-9-24-15(22)13-12(20-21-19)8-7-11(10-18)14(13)25-16(23)26-17(2,3)4/h7-8H,5-6,9-10H2,1-4H3. The van der Waals surface area contributed by atoms with Crippen molar-refractivity contribution in [2.24, 2.45) is 5.11 Å². The Kier molecular flexibility index (Phi) is 8.41. The largest absolute Gasteiger partial charge is 0.514 e. The number of benzene rings is 1. The van der Waals surface area contributed by atoms with E-state index in [1.807, 2.05) is 6.92 Å². The molecule has 0 aliphatic carbocycles. The molecule has 0 aliphatic rings. The summed E-state index contributed by atoms with van der Waals surface area (Å²) in [6, 6.07) is 3.05. The lowest BCUT2D eigenvalue weighted by Crippen LogP contribution is -2.26. The molecule has 0 saturated heterocycles. The van der Waals surface area contributed by atoms with Crippen molar-refractivity contribution in [3.63, 3.8) is 0 Å². The van der Waals surface area contributed by atoms with Gasteiger partial charge < -0.3 is 14.2 Å². The monoisotopic (exact) mass is 427 g/mol. The molecule has 142 valence electrons. The van der Waals surface area contributed by atoms with Crippen LogP contribution in [0.5, 0.6) is 5.75 Å². The fourth-order valence-electron chi connectivity index (χ4n) is 1.90. The zero-order valence-corrected chi connectivity index (χ0v) is 16.8. The number of hydrogen-bond acceptors (Lipinski definition) is 6. The highest BCUT2D eigenvalue weighted by Gasteiger charge is 2.26. The van der Waals surface area contributed by atoms with Gasteiger partial charge in [0.2, 0.25) is 0 Å². The van der Waals surface area contributed by atoms with Crippen molar-refractivity contribution in [2.75, 3.05) is 6.61 Å². The number of alkyl halides is 1. The number of rotatable bonds is 7. The first-order valence-corrected chi connectivity index (χ1v) is 9.20. The van der Waals surface area contributed by atoms with Crippen LogP contribution >= 0.6 is 15.9 Å². The molecule has 0 unspecified atom stereocenters.